The highest BCUT2D eigenvalue weighted by Crippen LogP contribution is 2.22. The van der Waals surface area contributed by atoms with Gasteiger partial charge in [-0.3, -0.25) is 14.2 Å². The summed E-state index contributed by atoms with van der Waals surface area (Å²) in [6.07, 6.45) is 1.26. The normalized spacial score (nSPS) is 19.9. The number of hydrogen-bond donors (Lipinski definition) is 0. The molecule has 0 spiro atoms. The van der Waals surface area contributed by atoms with Crippen molar-refractivity contribution >= 4 is 17.5 Å². The molecule has 2 aliphatic heterocycles. The number of aromatic nitrogens is 3. The predicted molar refractivity (Wildman–Crippen MR) is 99.4 cm³/mol. The quantitative estimate of drug-likeness (QED) is 0.764. The third-order valence-electron chi connectivity index (χ3n) is 5.43. The van der Waals surface area contributed by atoms with Gasteiger partial charge in [0.15, 0.2) is 0 Å². The van der Waals surface area contributed by atoms with E-state index in [0.29, 0.717) is 32.5 Å². The number of nitrogens with zero attached hydrogens (tertiary/aromatic N) is 5. The number of anilines is 1. The fourth-order valence-electron chi connectivity index (χ4n) is 3.86. The van der Waals surface area contributed by atoms with Crippen LogP contribution in [0.1, 0.15) is 17.8 Å². The van der Waals surface area contributed by atoms with Gasteiger partial charge < -0.3 is 9.80 Å². The molecule has 0 aliphatic carbocycles. The van der Waals surface area contributed by atoms with E-state index >= 15 is 0 Å². The topological polar surface area (TPSA) is 80.4 Å². The van der Waals surface area contributed by atoms with E-state index in [1.54, 1.807) is 21.4 Å². The maximum absolute atomic E-state index is 12.9. The van der Waals surface area contributed by atoms with Gasteiger partial charge in [0.25, 0.3) is 0 Å². The van der Waals surface area contributed by atoms with E-state index in [1.807, 2.05) is 31.2 Å². The number of amides is 2. The molecular weight excluding hydrogens is 346 g/mol. The maximum atomic E-state index is 12.9. The van der Waals surface area contributed by atoms with Gasteiger partial charge in [0.2, 0.25) is 11.8 Å². The number of hydrogen-bond acceptors (Lipinski definition) is 4. The van der Waals surface area contributed by atoms with Gasteiger partial charge in [-0.1, -0.05) is 17.7 Å². The summed E-state index contributed by atoms with van der Waals surface area (Å²) in [7, 11) is 1.62. The molecular formula is C19H23N5O3. The molecule has 3 heterocycles. The van der Waals surface area contributed by atoms with E-state index < -0.39 is 0 Å². The highest BCUT2D eigenvalue weighted by atomic mass is 16.2. The molecule has 2 amide bonds. The van der Waals surface area contributed by atoms with Crippen molar-refractivity contribution in [1.29, 1.82) is 0 Å². The fraction of sp³-hybridized carbons (Fsp3) is 0.474. The Kier molecular flexibility index (Phi) is 4.33. The third kappa shape index (κ3) is 3.15. The van der Waals surface area contributed by atoms with Crippen molar-refractivity contribution in [3.8, 4) is 0 Å². The van der Waals surface area contributed by atoms with Crippen LogP contribution in [0.4, 0.5) is 5.69 Å². The molecule has 1 saturated heterocycles. The number of carbonyl (C=O) groups is 2. The van der Waals surface area contributed by atoms with Gasteiger partial charge in [-0.2, -0.15) is 5.10 Å². The van der Waals surface area contributed by atoms with Gasteiger partial charge in [0, 0.05) is 38.8 Å². The highest BCUT2D eigenvalue weighted by Gasteiger charge is 2.34. The van der Waals surface area contributed by atoms with Crippen LogP contribution in [0.15, 0.2) is 29.1 Å². The lowest BCUT2D eigenvalue weighted by Crippen LogP contribution is -2.54. The Balaban J connectivity index is 1.44. The number of piperazine rings is 1. The number of aryl methyl sites for hydroxylation is 3. The fourth-order valence-corrected chi connectivity index (χ4v) is 3.86. The maximum Gasteiger partial charge on any atom is 0.345 e. The first kappa shape index (κ1) is 17.5. The molecule has 1 atom stereocenters. The van der Waals surface area contributed by atoms with E-state index in [9.17, 15) is 14.4 Å². The lowest BCUT2D eigenvalue weighted by atomic mass is 9.97. The van der Waals surface area contributed by atoms with Crippen LogP contribution in [-0.4, -0.2) is 50.7 Å². The average Bonchev–Trinajstić information content (AvgIpc) is 2.95. The summed E-state index contributed by atoms with van der Waals surface area (Å²) < 4.78 is 2.89. The van der Waals surface area contributed by atoms with Gasteiger partial charge in [0.1, 0.15) is 12.4 Å². The Bertz CT molecular complexity index is 943. The third-order valence-corrected chi connectivity index (χ3v) is 5.43. The van der Waals surface area contributed by atoms with E-state index in [0.717, 1.165) is 17.1 Å². The summed E-state index contributed by atoms with van der Waals surface area (Å²) in [6, 6.07) is 7.82. The van der Waals surface area contributed by atoms with Gasteiger partial charge >= 0.3 is 5.69 Å². The van der Waals surface area contributed by atoms with Gasteiger partial charge in [-0.15, -0.1) is 0 Å². The molecule has 2 aromatic rings. The van der Waals surface area contributed by atoms with Crippen molar-refractivity contribution in [3.63, 3.8) is 0 Å². The summed E-state index contributed by atoms with van der Waals surface area (Å²) in [5.74, 6) is 0.326. The van der Waals surface area contributed by atoms with Gasteiger partial charge in [0.05, 0.1) is 5.92 Å². The van der Waals surface area contributed by atoms with Crippen LogP contribution in [0.2, 0.25) is 0 Å². The van der Waals surface area contributed by atoms with Crippen LogP contribution in [0.3, 0.4) is 0 Å². The second kappa shape index (κ2) is 6.68. The van der Waals surface area contributed by atoms with Crippen LogP contribution in [0.5, 0.6) is 0 Å². The van der Waals surface area contributed by atoms with Crippen molar-refractivity contribution in [1.82, 2.24) is 19.2 Å². The molecule has 27 heavy (non-hydrogen) atoms. The smallest absolute Gasteiger partial charge is 0.331 e. The first-order valence-electron chi connectivity index (χ1n) is 9.22. The summed E-state index contributed by atoms with van der Waals surface area (Å²) >= 11 is 0. The Morgan fingerprint density at radius 2 is 1.89 bits per heavy atom. The molecule has 1 fully saturated rings. The van der Waals surface area contributed by atoms with Crippen molar-refractivity contribution in [2.75, 3.05) is 24.5 Å². The molecule has 1 aromatic heterocycles. The number of fused-ring (bicyclic) bond motifs is 1. The van der Waals surface area contributed by atoms with Crippen LogP contribution < -0.4 is 10.6 Å². The number of carbonyl (C=O) groups excluding carboxylic acids is 2. The minimum Gasteiger partial charge on any atom is -0.331 e. The molecule has 1 aromatic carbocycles. The summed E-state index contributed by atoms with van der Waals surface area (Å²) in [5.41, 5.74) is 1.81. The average molecular weight is 369 g/mol. The van der Waals surface area contributed by atoms with Crippen LogP contribution in [0, 0.1) is 12.8 Å². The molecule has 0 bridgehead atoms. The first-order valence-corrected chi connectivity index (χ1v) is 9.22. The first-order chi connectivity index (χ1) is 12.9. The zero-order valence-corrected chi connectivity index (χ0v) is 15.6. The molecule has 0 saturated carbocycles. The van der Waals surface area contributed by atoms with Gasteiger partial charge in [-0.25, -0.2) is 9.48 Å². The van der Waals surface area contributed by atoms with Crippen molar-refractivity contribution in [2.45, 2.75) is 26.3 Å². The minimum atomic E-state index is -0.280. The molecule has 8 heteroatoms. The summed E-state index contributed by atoms with van der Waals surface area (Å²) in [6.45, 7) is 3.42. The van der Waals surface area contributed by atoms with Gasteiger partial charge in [-0.05, 0) is 25.5 Å². The lowest BCUT2D eigenvalue weighted by Gasteiger charge is -2.36. The van der Waals surface area contributed by atoms with Crippen molar-refractivity contribution < 1.29 is 9.59 Å². The zero-order valence-electron chi connectivity index (χ0n) is 15.6. The van der Waals surface area contributed by atoms with E-state index in [-0.39, 0.29) is 30.0 Å². The second-order valence-electron chi connectivity index (χ2n) is 7.31. The Hall–Kier alpha value is -2.90. The molecule has 2 aliphatic rings. The standard InChI is InChI=1S/C19H23N5O3/c1-13-3-6-15(7-4-13)23-10-9-22(12-17(23)25)18(26)14-5-8-16-20-21(2)19(27)24(16)11-14/h3-4,6-7,14H,5,8-12H2,1-2H3. The van der Waals surface area contributed by atoms with Crippen molar-refractivity contribution in [2.24, 2.45) is 13.0 Å². The minimum absolute atomic E-state index is 0.0479. The van der Waals surface area contributed by atoms with E-state index in [4.69, 9.17) is 0 Å². The molecule has 0 radical (unpaired) electrons. The lowest BCUT2D eigenvalue weighted by molar-refractivity contribution is -0.141. The molecule has 142 valence electrons. The molecule has 4 rings (SSSR count). The summed E-state index contributed by atoms with van der Waals surface area (Å²) in [5, 5.41) is 4.20. The molecule has 8 nitrogen and oxygen atoms in total. The summed E-state index contributed by atoms with van der Waals surface area (Å²) in [4.78, 5) is 41.0. The van der Waals surface area contributed by atoms with Crippen LogP contribution in [0.25, 0.3) is 0 Å². The predicted octanol–water partition coefficient (Wildman–Crippen LogP) is 0.328. The Morgan fingerprint density at radius 3 is 2.59 bits per heavy atom. The second-order valence-corrected chi connectivity index (χ2v) is 7.31. The van der Waals surface area contributed by atoms with Crippen LogP contribution >= 0.6 is 0 Å². The van der Waals surface area contributed by atoms with E-state index in [2.05, 4.69) is 5.10 Å². The Morgan fingerprint density at radius 1 is 1.15 bits per heavy atom. The number of rotatable bonds is 2. The molecule has 0 N–H and O–H groups in total. The highest BCUT2D eigenvalue weighted by molar-refractivity contribution is 5.98. The SMILES string of the molecule is Cc1ccc(N2CCN(C(=O)C3CCc4nn(C)c(=O)n4C3)CC2=O)cc1. The monoisotopic (exact) mass is 369 g/mol. The zero-order chi connectivity index (χ0) is 19.1. The van der Waals surface area contributed by atoms with Crippen molar-refractivity contribution in [3.05, 3.63) is 46.1 Å². The van der Waals surface area contributed by atoms with E-state index in [1.165, 1.54) is 4.68 Å². The largest absolute Gasteiger partial charge is 0.345 e. The number of benzene rings is 1. The Labute approximate surface area is 157 Å². The van der Waals surface area contributed by atoms with Crippen LogP contribution in [-0.2, 0) is 29.6 Å². The molecule has 1 unspecified atom stereocenters.